The molecule has 0 saturated heterocycles. The Morgan fingerprint density at radius 3 is 2.61 bits per heavy atom. The number of pyridine rings is 1. The van der Waals surface area contributed by atoms with Crippen LogP contribution in [-0.2, 0) is 11.2 Å². The fraction of sp³-hybridized carbons (Fsp3) is 0.250. The van der Waals surface area contributed by atoms with E-state index in [0.29, 0.717) is 40.3 Å². The number of fused-ring (bicyclic) bond motifs is 1. The highest BCUT2D eigenvalue weighted by Gasteiger charge is 2.32. The number of aryl methyl sites for hydroxylation is 1. The third-order valence-electron chi connectivity index (χ3n) is 6.12. The van der Waals surface area contributed by atoms with Gasteiger partial charge in [0.05, 0.1) is 10.9 Å². The Kier molecular flexibility index (Phi) is 7.78. The summed E-state index contributed by atoms with van der Waals surface area (Å²) < 4.78 is 5.44. The smallest absolute Gasteiger partial charge is 0.348 e. The molecule has 10 heteroatoms. The number of halogens is 1. The number of likely N-dealkylation sites (N-methyl/N-ethyl adjacent to an activating group) is 1. The van der Waals surface area contributed by atoms with E-state index < -0.39 is 11.2 Å². The van der Waals surface area contributed by atoms with Gasteiger partial charge in [0, 0.05) is 48.2 Å². The molecule has 0 unspecified atom stereocenters. The van der Waals surface area contributed by atoms with Crippen LogP contribution in [0.25, 0.3) is 10.9 Å². The second-order valence-electron chi connectivity index (χ2n) is 9.45. The number of nitrogens with zero attached hydrogens (tertiary/aromatic N) is 3. The molecule has 0 saturated carbocycles. The minimum Gasteiger partial charge on any atom is -0.389 e. The maximum absolute atomic E-state index is 13.1. The van der Waals surface area contributed by atoms with Gasteiger partial charge in [-0.2, -0.15) is 4.98 Å². The highest BCUT2D eigenvalue weighted by Crippen LogP contribution is 2.25. The van der Waals surface area contributed by atoms with Gasteiger partial charge in [-0.1, -0.05) is 23.7 Å². The first-order valence-corrected chi connectivity index (χ1v) is 12.4. The third-order valence-corrected chi connectivity index (χ3v) is 6.36. The summed E-state index contributed by atoms with van der Waals surface area (Å²) in [5, 5.41) is 6.43. The molecule has 0 radical (unpaired) electrons. The molecule has 0 bridgehead atoms. The Bertz CT molecular complexity index is 1550. The lowest BCUT2D eigenvalue weighted by molar-refractivity contribution is -0.133. The van der Waals surface area contributed by atoms with Crippen LogP contribution in [0.5, 0.6) is 0 Å². The fourth-order valence-electron chi connectivity index (χ4n) is 4.06. The maximum atomic E-state index is 13.1. The van der Waals surface area contributed by atoms with Crippen LogP contribution >= 0.6 is 11.6 Å². The first kappa shape index (κ1) is 26.8. The van der Waals surface area contributed by atoms with Crippen molar-refractivity contribution in [3.05, 3.63) is 93.1 Å². The standard InChI is InChI=1S/C28H28ClN5O4/c1-17-21(31-24(35)18-8-7-9-19(29)16-18)11-12-22-23(17)25(36)38-27(32-22)33-28(2,3)26(37)34(4)15-13-20-10-5-6-14-30-20/h5-12,14,16H,13,15H2,1-4H3,(H,31,35)(H,32,33). The highest BCUT2D eigenvalue weighted by molar-refractivity contribution is 6.31. The largest absolute Gasteiger partial charge is 0.389 e. The number of anilines is 2. The van der Waals surface area contributed by atoms with Gasteiger partial charge in [0.2, 0.25) is 5.91 Å². The number of aromatic nitrogens is 2. The SMILES string of the molecule is Cc1c(NC(=O)c2cccc(Cl)c2)ccc2nc(NC(C)(C)C(=O)N(C)CCc3ccccn3)oc(=O)c12. The molecule has 2 aromatic carbocycles. The molecule has 0 aliphatic heterocycles. The number of carbonyl (C=O) groups excluding carboxylic acids is 2. The zero-order valence-corrected chi connectivity index (χ0v) is 22.3. The monoisotopic (exact) mass is 533 g/mol. The minimum atomic E-state index is -1.10. The molecular formula is C28H28ClN5O4. The molecular weight excluding hydrogens is 506 g/mol. The highest BCUT2D eigenvalue weighted by atomic mass is 35.5. The topological polar surface area (TPSA) is 117 Å². The summed E-state index contributed by atoms with van der Waals surface area (Å²) in [6.07, 6.45) is 2.33. The van der Waals surface area contributed by atoms with Crippen molar-refractivity contribution in [2.75, 3.05) is 24.2 Å². The summed E-state index contributed by atoms with van der Waals surface area (Å²) in [5.41, 5.74) is 0.860. The van der Waals surface area contributed by atoms with Gasteiger partial charge in [-0.05, 0) is 68.8 Å². The van der Waals surface area contributed by atoms with Crippen molar-refractivity contribution in [1.29, 1.82) is 0 Å². The lowest BCUT2D eigenvalue weighted by Gasteiger charge is -2.30. The van der Waals surface area contributed by atoms with Crippen LogP contribution < -0.4 is 16.3 Å². The molecule has 4 rings (SSSR count). The van der Waals surface area contributed by atoms with Crippen molar-refractivity contribution in [3.8, 4) is 0 Å². The molecule has 2 aromatic heterocycles. The lowest BCUT2D eigenvalue weighted by atomic mass is 10.0. The van der Waals surface area contributed by atoms with E-state index in [1.807, 2.05) is 18.2 Å². The van der Waals surface area contributed by atoms with Gasteiger partial charge in [0.15, 0.2) is 0 Å². The number of nitrogens with one attached hydrogen (secondary N) is 2. The Balaban J connectivity index is 1.51. The average Bonchev–Trinajstić information content (AvgIpc) is 2.88. The number of hydrogen-bond donors (Lipinski definition) is 2. The van der Waals surface area contributed by atoms with Crippen LogP contribution in [-0.4, -0.2) is 45.8 Å². The van der Waals surface area contributed by atoms with Crippen molar-refractivity contribution in [2.45, 2.75) is 32.7 Å². The average molecular weight is 534 g/mol. The van der Waals surface area contributed by atoms with Crippen molar-refractivity contribution < 1.29 is 14.0 Å². The normalized spacial score (nSPS) is 11.3. The summed E-state index contributed by atoms with van der Waals surface area (Å²) in [7, 11) is 1.71. The summed E-state index contributed by atoms with van der Waals surface area (Å²) in [6, 6.07) is 15.4. The molecule has 196 valence electrons. The van der Waals surface area contributed by atoms with Gasteiger partial charge in [-0.25, -0.2) is 4.79 Å². The molecule has 0 fully saturated rings. The van der Waals surface area contributed by atoms with Crippen molar-refractivity contribution in [2.24, 2.45) is 0 Å². The first-order valence-electron chi connectivity index (χ1n) is 12.0. The fourth-order valence-corrected chi connectivity index (χ4v) is 4.25. The zero-order chi connectivity index (χ0) is 27.4. The first-order chi connectivity index (χ1) is 18.0. The zero-order valence-electron chi connectivity index (χ0n) is 21.5. The molecule has 38 heavy (non-hydrogen) atoms. The van der Waals surface area contributed by atoms with Crippen LogP contribution in [0.4, 0.5) is 11.7 Å². The van der Waals surface area contributed by atoms with E-state index in [0.717, 1.165) is 5.69 Å². The Morgan fingerprint density at radius 2 is 1.89 bits per heavy atom. The van der Waals surface area contributed by atoms with E-state index in [1.165, 1.54) is 0 Å². The van der Waals surface area contributed by atoms with E-state index >= 15 is 0 Å². The molecule has 0 atom stereocenters. The molecule has 2 N–H and O–H groups in total. The molecule has 2 amide bonds. The van der Waals surface area contributed by atoms with Crippen molar-refractivity contribution in [3.63, 3.8) is 0 Å². The van der Waals surface area contributed by atoms with Crippen LogP contribution in [0, 0.1) is 6.92 Å². The van der Waals surface area contributed by atoms with Crippen LogP contribution in [0.15, 0.2) is 70.0 Å². The van der Waals surface area contributed by atoms with E-state index in [1.54, 1.807) is 75.3 Å². The Hall–Kier alpha value is -4.24. The molecule has 2 heterocycles. The lowest BCUT2D eigenvalue weighted by Crippen LogP contribution is -2.49. The number of carbonyl (C=O) groups is 2. The number of benzene rings is 2. The Morgan fingerprint density at radius 1 is 1.11 bits per heavy atom. The van der Waals surface area contributed by atoms with Gasteiger partial charge < -0.3 is 20.0 Å². The molecule has 0 spiro atoms. The maximum Gasteiger partial charge on any atom is 0.348 e. The van der Waals surface area contributed by atoms with Crippen molar-refractivity contribution in [1.82, 2.24) is 14.9 Å². The van der Waals surface area contributed by atoms with E-state index in [4.69, 9.17) is 16.0 Å². The molecule has 0 aliphatic rings. The van der Waals surface area contributed by atoms with Gasteiger partial charge in [0.1, 0.15) is 5.54 Å². The van der Waals surface area contributed by atoms with Crippen LogP contribution in [0.2, 0.25) is 5.02 Å². The van der Waals surface area contributed by atoms with Crippen LogP contribution in [0.1, 0.15) is 35.5 Å². The predicted molar refractivity (Wildman–Crippen MR) is 148 cm³/mol. The molecule has 9 nitrogen and oxygen atoms in total. The summed E-state index contributed by atoms with van der Waals surface area (Å²) in [5.74, 6) is -0.564. The quantitative estimate of drug-likeness (QED) is 0.337. The molecule has 4 aromatic rings. The number of rotatable bonds is 8. The second-order valence-corrected chi connectivity index (χ2v) is 9.89. The summed E-state index contributed by atoms with van der Waals surface area (Å²) in [6.45, 7) is 5.56. The van der Waals surface area contributed by atoms with Gasteiger partial charge >= 0.3 is 5.63 Å². The van der Waals surface area contributed by atoms with Gasteiger partial charge in [-0.15, -0.1) is 0 Å². The molecule has 0 aliphatic carbocycles. The third kappa shape index (κ3) is 6.00. The van der Waals surface area contributed by atoms with E-state index in [-0.39, 0.29) is 23.2 Å². The summed E-state index contributed by atoms with van der Waals surface area (Å²) >= 11 is 5.99. The van der Waals surface area contributed by atoms with Gasteiger partial charge in [-0.3, -0.25) is 14.6 Å². The van der Waals surface area contributed by atoms with Crippen molar-refractivity contribution >= 4 is 46.0 Å². The van der Waals surface area contributed by atoms with Gasteiger partial charge in [0.25, 0.3) is 11.9 Å². The van der Waals surface area contributed by atoms with E-state index in [2.05, 4.69) is 20.6 Å². The van der Waals surface area contributed by atoms with E-state index in [9.17, 15) is 14.4 Å². The minimum absolute atomic E-state index is 0.0749. The Labute approximate surface area is 224 Å². The van der Waals surface area contributed by atoms with Crippen LogP contribution in [0.3, 0.4) is 0 Å². The summed E-state index contributed by atoms with van der Waals surface area (Å²) in [4.78, 5) is 49.0. The number of hydrogen-bond acceptors (Lipinski definition) is 7. The predicted octanol–water partition coefficient (Wildman–Crippen LogP) is 4.69. The second kappa shape index (κ2) is 11.0. The number of amides is 2.